The zero-order valence-electron chi connectivity index (χ0n) is 16.6. The molecule has 0 N–H and O–H groups in total. The largest absolute Gasteiger partial charge is 0.368 e. The summed E-state index contributed by atoms with van der Waals surface area (Å²) >= 11 is 6.09. The fraction of sp³-hybridized carbons (Fsp3) is 0.619. The van der Waals surface area contributed by atoms with Gasteiger partial charge < -0.3 is 14.7 Å². The molecule has 1 aromatic rings. The van der Waals surface area contributed by atoms with Crippen molar-refractivity contribution < 1.29 is 9.59 Å². The molecule has 0 aliphatic carbocycles. The lowest BCUT2D eigenvalue weighted by molar-refractivity contribution is -0.155. The summed E-state index contributed by atoms with van der Waals surface area (Å²) in [5.74, 6) is 0.419. The number of hydrogen-bond donors (Lipinski definition) is 0. The molecule has 5 nitrogen and oxygen atoms in total. The van der Waals surface area contributed by atoms with Gasteiger partial charge in [0, 0.05) is 50.0 Å². The van der Waals surface area contributed by atoms with Crippen LogP contribution in [0.15, 0.2) is 24.3 Å². The fourth-order valence-electron chi connectivity index (χ4n) is 4.10. The molecule has 2 saturated heterocycles. The Labute approximate surface area is 167 Å². The quantitative estimate of drug-likeness (QED) is 0.743. The van der Waals surface area contributed by atoms with E-state index < -0.39 is 5.41 Å². The summed E-state index contributed by atoms with van der Waals surface area (Å²) in [6.45, 7) is 10.00. The molecule has 2 heterocycles. The number of benzene rings is 1. The zero-order valence-corrected chi connectivity index (χ0v) is 17.3. The summed E-state index contributed by atoms with van der Waals surface area (Å²) in [7, 11) is 0. The first kappa shape index (κ1) is 20.0. The highest BCUT2D eigenvalue weighted by molar-refractivity contribution is 6.30. The Morgan fingerprint density at radius 1 is 1.04 bits per heavy atom. The molecule has 1 aromatic carbocycles. The van der Waals surface area contributed by atoms with E-state index in [4.69, 9.17) is 11.6 Å². The van der Waals surface area contributed by atoms with Gasteiger partial charge in [0.2, 0.25) is 11.8 Å². The highest BCUT2D eigenvalue weighted by Crippen LogP contribution is 2.27. The van der Waals surface area contributed by atoms with E-state index in [0.29, 0.717) is 24.0 Å². The van der Waals surface area contributed by atoms with Crippen molar-refractivity contribution in [2.45, 2.75) is 33.6 Å². The van der Waals surface area contributed by atoms with E-state index in [1.54, 1.807) is 13.8 Å². The average Bonchev–Trinajstić information content (AvgIpc) is 2.67. The SMILES string of the molecule is CC1CCCN(C(=O)C(C)(C)C(=O)N2CCN(c3cccc(Cl)c3)CC2)C1. The average molecular weight is 392 g/mol. The van der Waals surface area contributed by atoms with Crippen molar-refractivity contribution in [3.8, 4) is 0 Å². The number of amides is 2. The first-order valence-corrected chi connectivity index (χ1v) is 10.3. The van der Waals surface area contributed by atoms with Gasteiger partial charge in [0.05, 0.1) is 0 Å². The summed E-state index contributed by atoms with van der Waals surface area (Å²) in [6.07, 6.45) is 2.18. The number of anilines is 1. The molecular formula is C21H30ClN3O2. The number of halogens is 1. The molecule has 148 valence electrons. The summed E-state index contributed by atoms with van der Waals surface area (Å²) in [5.41, 5.74) is 0.0715. The van der Waals surface area contributed by atoms with E-state index in [-0.39, 0.29) is 11.8 Å². The van der Waals surface area contributed by atoms with Crippen LogP contribution in [0.5, 0.6) is 0 Å². The highest BCUT2D eigenvalue weighted by atomic mass is 35.5. The minimum Gasteiger partial charge on any atom is -0.368 e. The smallest absolute Gasteiger partial charge is 0.237 e. The zero-order chi connectivity index (χ0) is 19.6. The van der Waals surface area contributed by atoms with Gasteiger partial charge in [-0.05, 0) is 50.8 Å². The third-order valence-electron chi connectivity index (χ3n) is 5.75. The van der Waals surface area contributed by atoms with Crippen molar-refractivity contribution in [1.29, 1.82) is 0 Å². The predicted octanol–water partition coefficient (Wildman–Crippen LogP) is 3.27. The first-order chi connectivity index (χ1) is 12.8. The summed E-state index contributed by atoms with van der Waals surface area (Å²) in [5, 5.41) is 0.716. The van der Waals surface area contributed by atoms with E-state index in [2.05, 4.69) is 11.8 Å². The molecule has 1 atom stereocenters. The van der Waals surface area contributed by atoms with Crippen LogP contribution in [0.3, 0.4) is 0 Å². The van der Waals surface area contributed by atoms with Gasteiger partial charge in [-0.25, -0.2) is 0 Å². The van der Waals surface area contributed by atoms with Gasteiger partial charge >= 0.3 is 0 Å². The van der Waals surface area contributed by atoms with E-state index in [0.717, 1.165) is 44.7 Å². The Morgan fingerprint density at radius 3 is 2.33 bits per heavy atom. The van der Waals surface area contributed by atoms with Gasteiger partial charge in [0.1, 0.15) is 5.41 Å². The molecule has 1 unspecified atom stereocenters. The van der Waals surface area contributed by atoms with Crippen molar-refractivity contribution in [3.63, 3.8) is 0 Å². The molecule has 2 amide bonds. The van der Waals surface area contributed by atoms with E-state index >= 15 is 0 Å². The number of carbonyl (C=O) groups excluding carboxylic acids is 2. The topological polar surface area (TPSA) is 43.9 Å². The molecule has 0 spiro atoms. The second-order valence-electron chi connectivity index (χ2n) is 8.38. The van der Waals surface area contributed by atoms with Crippen LogP contribution in [0.2, 0.25) is 5.02 Å². The lowest BCUT2D eigenvalue weighted by Gasteiger charge is -2.41. The monoisotopic (exact) mass is 391 g/mol. The Kier molecular flexibility index (Phi) is 5.99. The maximum absolute atomic E-state index is 13.1. The van der Waals surface area contributed by atoms with Crippen LogP contribution >= 0.6 is 11.6 Å². The van der Waals surface area contributed by atoms with Crippen molar-refractivity contribution in [3.05, 3.63) is 29.3 Å². The van der Waals surface area contributed by atoms with E-state index in [1.807, 2.05) is 34.1 Å². The molecule has 2 aliphatic rings. The number of hydrogen-bond acceptors (Lipinski definition) is 3. The summed E-state index contributed by atoms with van der Waals surface area (Å²) < 4.78 is 0. The van der Waals surface area contributed by atoms with Gasteiger partial charge in [-0.15, -0.1) is 0 Å². The van der Waals surface area contributed by atoms with Crippen LogP contribution < -0.4 is 4.90 Å². The number of carbonyl (C=O) groups is 2. The number of nitrogens with zero attached hydrogens (tertiary/aromatic N) is 3. The van der Waals surface area contributed by atoms with Crippen molar-refractivity contribution in [2.75, 3.05) is 44.2 Å². The molecule has 2 fully saturated rings. The Balaban J connectivity index is 1.61. The van der Waals surface area contributed by atoms with Crippen LogP contribution in [0.25, 0.3) is 0 Å². The maximum atomic E-state index is 13.1. The van der Waals surface area contributed by atoms with Crippen molar-refractivity contribution in [1.82, 2.24) is 9.80 Å². The Bertz CT molecular complexity index is 698. The standard InChI is InChI=1S/C21H30ClN3O2/c1-16-6-5-9-25(15-16)20(27)21(2,3)19(26)24-12-10-23(11-13-24)18-8-4-7-17(22)14-18/h4,7-8,14,16H,5-6,9-13,15H2,1-3H3. The number of likely N-dealkylation sites (tertiary alicyclic amines) is 1. The van der Waals surface area contributed by atoms with Gasteiger partial charge in [0.15, 0.2) is 0 Å². The minimum atomic E-state index is -1.00. The van der Waals surface area contributed by atoms with Crippen LogP contribution in [-0.2, 0) is 9.59 Å². The van der Waals surface area contributed by atoms with E-state index in [9.17, 15) is 9.59 Å². The fourth-order valence-corrected chi connectivity index (χ4v) is 4.28. The predicted molar refractivity (Wildman–Crippen MR) is 109 cm³/mol. The van der Waals surface area contributed by atoms with Crippen molar-refractivity contribution in [2.24, 2.45) is 11.3 Å². The van der Waals surface area contributed by atoms with Crippen LogP contribution in [0.4, 0.5) is 5.69 Å². The molecule has 0 radical (unpaired) electrons. The molecule has 2 aliphatic heterocycles. The third-order valence-corrected chi connectivity index (χ3v) is 5.99. The van der Waals surface area contributed by atoms with Crippen molar-refractivity contribution >= 4 is 29.1 Å². The van der Waals surface area contributed by atoms with Gasteiger partial charge in [-0.3, -0.25) is 9.59 Å². The lowest BCUT2D eigenvalue weighted by atomic mass is 9.87. The maximum Gasteiger partial charge on any atom is 0.237 e. The minimum absolute atomic E-state index is 0.0312. The van der Waals surface area contributed by atoms with Crippen LogP contribution in [0.1, 0.15) is 33.6 Å². The van der Waals surface area contributed by atoms with Gasteiger partial charge in [-0.2, -0.15) is 0 Å². The Hall–Kier alpha value is -1.75. The van der Waals surface area contributed by atoms with Crippen LogP contribution in [0, 0.1) is 11.3 Å². The number of piperazine rings is 1. The third kappa shape index (κ3) is 4.40. The van der Waals surface area contributed by atoms with Crippen LogP contribution in [-0.4, -0.2) is 60.9 Å². The molecular weight excluding hydrogens is 362 g/mol. The van der Waals surface area contributed by atoms with Gasteiger partial charge in [-0.1, -0.05) is 24.6 Å². The number of rotatable bonds is 3. The highest BCUT2D eigenvalue weighted by Gasteiger charge is 2.43. The molecule has 0 aromatic heterocycles. The summed E-state index contributed by atoms with van der Waals surface area (Å²) in [6, 6.07) is 7.79. The first-order valence-electron chi connectivity index (χ1n) is 9.88. The molecule has 27 heavy (non-hydrogen) atoms. The second-order valence-corrected chi connectivity index (χ2v) is 8.82. The molecule has 3 rings (SSSR count). The molecule has 0 bridgehead atoms. The normalized spacial score (nSPS) is 21.3. The molecule has 6 heteroatoms. The second kappa shape index (κ2) is 8.09. The Morgan fingerprint density at radius 2 is 1.70 bits per heavy atom. The number of piperidine rings is 1. The molecule has 0 saturated carbocycles. The van der Waals surface area contributed by atoms with Gasteiger partial charge in [0.25, 0.3) is 0 Å². The van der Waals surface area contributed by atoms with E-state index in [1.165, 1.54) is 0 Å². The lowest BCUT2D eigenvalue weighted by Crippen LogP contribution is -2.56. The summed E-state index contributed by atoms with van der Waals surface area (Å²) in [4.78, 5) is 32.1.